The normalized spacial score (nSPS) is 10.7. The van der Waals surface area contributed by atoms with Crippen molar-refractivity contribution in [2.45, 2.75) is 0 Å². The van der Waals surface area contributed by atoms with Crippen LogP contribution in [0, 0.1) is 5.82 Å². The first-order valence-corrected chi connectivity index (χ1v) is 6.78. The fourth-order valence-electron chi connectivity index (χ4n) is 2.14. The van der Waals surface area contributed by atoms with Crippen LogP contribution in [0.1, 0.15) is 15.9 Å². The topological polar surface area (TPSA) is 30.0 Å². The number of carbonyl (C=O) groups excluding carboxylic acids is 1. The minimum atomic E-state index is -0.432. The molecule has 0 atom stereocenters. The van der Waals surface area contributed by atoms with E-state index in [1.54, 1.807) is 30.6 Å². The summed E-state index contributed by atoms with van der Waals surface area (Å²) < 4.78 is 13.9. The lowest BCUT2D eigenvalue weighted by Crippen LogP contribution is -2.04. The number of rotatable bonds is 2. The number of fused-ring (bicyclic) bond motifs is 1. The van der Waals surface area contributed by atoms with Crippen LogP contribution in [0.25, 0.3) is 10.8 Å². The Morgan fingerprint density at radius 1 is 1.10 bits per heavy atom. The van der Waals surface area contributed by atoms with Crippen molar-refractivity contribution in [3.05, 3.63) is 76.3 Å². The summed E-state index contributed by atoms with van der Waals surface area (Å²) in [6, 6.07) is 11.3. The first-order chi connectivity index (χ1) is 9.66. The molecule has 0 amide bonds. The van der Waals surface area contributed by atoms with Gasteiger partial charge >= 0.3 is 0 Å². The number of carbonyl (C=O) groups is 1. The second kappa shape index (κ2) is 5.13. The quantitative estimate of drug-likeness (QED) is 0.653. The molecule has 0 spiro atoms. The van der Waals surface area contributed by atoms with E-state index in [0.717, 1.165) is 10.8 Å². The lowest BCUT2D eigenvalue weighted by Gasteiger charge is -2.07. The molecule has 0 aliphatic carbocycles. The number of hydrogen-bond donors (Lipinski definition) is 0. The predicted octanol–water partition coefficient (Wildman–Crippen LogP) is 4.37. The second-order valence-corrected chi connectivity index (χ2v) is 5.21. The highest BCUT2D eigenvalue weighted by Gasteiger charge is 2.15. The average Bonchev–Trinajstić information content (AvgIpc) is 2.48. The zero-order valence-corrected chi connectivity index (χ0v) is 11.9. The maximum absolute atomic E-state index is 13.4. The molecule has 0 aliphatic heterocycles. The number of halogens is 2. The molecule has 0 N–H and O–H groups in total. The van der Waals surface area contributed by atoms with E-state index in [4.69, 9.17) is 0 Å². The Morgan fingerprint density at radius 3 is 2.80 bits per heavy atom. The summed E-state index contributed by atoms with van der Waals surface area (Å²) in [5, 5.41) is 1.69. The smallest absolute Gasteiger partial charge is 0.194 e. The monoisotopic (exact) mass is 329 g/mol. The van der Waals surface area contributed by atoms with E-state index in [9.17, 15) is 9.18 Å². The molecule has 4 heteroatoms. The van der Waals surface area contributed by atoms with Crippen molar-refractivity contribution in [1.29, 1.82) is 0 Å². The van der Waals surface area contributed by atoms with Gasteiger partial charge in [0, 0.05) is 33.4 Å². The highest BCUT2D eigenvalue weighted by molar-refractivity contribution is 9.10. The third-order valence-electron chi connectivity index (χ3n) is 3.10. The fraction of sp³-hybridized carbons (Fsp3) is 0. The SMILES string of the molecule is O=C(c1cc(F)ccc1Br)c1cccc2cnccc12. The van der Waals surface area contributed by atoms with Gasteiger partial charge in [0.05, 0.1) is 0 Å². The number of pyridine rings is 1. The van der Waals surface area contributed by atoms with Crippen LogP contribution in [0.3, 0.4) is 0 Å². The van der Waals surface area contributed by atoms with Crippen molar-refractivity contribution in [2.75, 3.05) is 0 Å². The number of ketones is 1. The number of hydrogen-bond acceptors (Lipinski definition) is 2. The summed E-state index contributed by atoms with van der Waals surface area (Å²) in [5.41, 5.74) is 0.852. The van der Waals surface area contributed by atoms with Gasteiger partial charge in [0.15, 0.2) is 5.78 Å². The number of benzene rings is 2. The molecule has 0 unspecified atom stereocenters. The molecule has 2 nitrogen and oxygen atoms in total. The van der Waals surface area contributed by atoms with Gasteiger partial charge in [0.2, 0.25) is 0 Å². The number of nitrogens with zero attached hydrogens (tertiary/aromatic N) is 1. The van der Waals surface area contributed by atoms with Crippen molar-refractivity contribution in [1.82, 2.24) is 4.98 Å². The van der Waals surface area contributed by atoms with Crippen LogP contribution in [0.5, 0.6) is 0 Å². The van der Waals surface area contributed by atoms with E-state index < -0.39 is 5.82 Å². The van der Waals surface area contributed by atoms with E-state index >= 15 is 0 Å². The Hall–Kier alpha value is -2.07. The van der Waals surface area contributed by atoms with Gasteiger partial charge in [-0.3, -0.25) is 9.78 Å². The van der Waals surface area contributed by atoms with Crippen LogP contribution >= 0.6 is 15.9 Å². The summed E-state index contributed by atoms with van der Waals surface area (Å²) in [5.74, 6) is -0.647. The highest BCUT2D eigenvalue weighted by Crippen LogP contribution is 2.25. The van der Waals surface area contributed by atoms with Crippen LogP contribution in [-0.2, 0) is 0 Å². The maximum Gasteiger partial charge on any atom is 0.194 e. The molecular weight excluding hydrogens is 321 g/mol. The molecule has 0 bridgehead atoms. The summed E-state index contributed by atoms with van der Waals surface area (Å²) in [7, 11) is 0. The molecular formula is C16H9BrFNO. The molecule has 0 saturated heterocycles. The third-order valence-corrected chi connectivity index (χ3v) is 3.79. The molecule has 0 aliphatic rings. The van der Waals surface area contributed by atoms with Crippen LogP contribution in [0.4, 0.5) is 4.39 Å². The molecule has 20 heavy (non-hydrogen) atoms. The van der Waals surface area contributed by atoms with Gasteiger partial charge in [0.1, 0.15) is 5.82 Å². The predicted molar refractivity (Wildman–Crippen MR) is 79.3 cm³/mol. The van der Waals surface area contributed by atoms with Gasteiger partial charge in [-0.25, -0.2) is 4.39 Å². The number of aromatic nitrogens is 1. The van der Waals surface area contributed by atoms with Gasteiger partial charge in [-0.2, -0.15) is 0 Å². The Kier molecular flexibility index (Phi) is 3.32. The third kappa shape index (κ3) is 2.23. The molecule has 3 rings (SSSR count). The molecule has 2 aromatic carbocycles. The van der Waals surface area contributed by atoms with Crippen molar-refractivity contribution < 1.29 is 9.18 Å². The lowest BCUT2D eigenvalue weighted by molar-refractivity contribution is 0.103. The molecule has 0 saturated carbocycles. The van der Waals surface area contributed by atoms with Gasteiger partial charge in [-0.05, 0) is 29.7 Å². The van der Waals surface area contributed by atoms with Crippen LogP contribution in [0.15, 0.2) is 59.3 Å². The lowest BCUT2D eigenvalue weighted by atomic mass is 9.98. The average molecular weight is 330 g/mol. The molecule has 0 radical (unpaired) electrons. The van der Waals surface area contributed by atoms with E-state index in [1.807, 2.05) is 6.07 Å². The molecule has 3 aromatic rings. The summed E-state index contributed by atoms with van der Waals surface area (Å²) in [4.78, 5) is 16.7. The molecule has 1 heterocycles. The van der Waals surface area contributed by atoms with Crippen LogP contribution < -0.4 is 0 Å². The van der Waals surface area contributed by atoms with Crippen molar-refractivity contribution in [3.8, 4) is 0 Å². The van der Waals surface area contributed by atoms with E-state index in [2.05, 4.69) is 20.9 Å². The van der Waals surface area contributed by atoms with Crippen LogP contribution in [0.2, 0.25) is 0 Å². The van der Waals surface area contributed by atoms with E-state index in [1.165, 1.54) is 18.2 Å². The zero-order valence-electron chi connectivity index (χ0n) is 10.3. The van der Waals surface area contributed by atoms with Gasteiger partial charge in [-0.1, -0.05) is 34.1 Å². The first kappa shape index (κ1) is 12.9. The van der Waals surface area contributed by atoms with E-state index in [0.29, 0.717) is 15.6 Å². The molecule has 98 valence electrons. The van der Waals surface area contributed by atoms with E-state index in [-0.39, 0.29) is 5.78 Å². The van der Waals surface area contributed by atoms with Crippen molar-refractivity contribution >= 4 is 32.5 Å². The second-order valence-electron chi connectivity index (χ2n) is 4.36. The van der Waals surface area contributed by atoms with Crippen LogP contribution in [-0.4, -0.2) is 10.8 Å². The fourth-order valence-corrected chi connectivity index (χ4v) is 2.56. The Morgan fingerprint density at radius 2 is 1.95 bits per heavy atom. The summed E-state index contributed by atoms with van der Waals surface area (Å²) in [6.45, 7) is 0. The highest BCUT2D eigenvalue weighted by atomic mass is 79.9. The van der Waals surface area contributed by atoms with Crippen molar-refractivity contribution in [3.63, 3.8) is 0 Å². The van der Waals surface area contributed by atoms with Gasteiger partial charge in [-0.15, -0.1) is 0 Å². The maximum atomic E-state index is 13.4. The minimum absolute atomic E-state index is 0.215. The summed E-state index contributed by atoms with van der Waals surface area (Å²) >= 11 is 3.29. The Labute approximate surface area is 123 Å². The summed E-state index contributed by atoms with van der Waals surface area (Å²) in [6.07, 6.45) is 3.34. The standard InChI is InChI=1S/C16H9BrFNO/c17-15-5-4-11(18)8-14(15)16(20)13-3-1-2-10-9-19-7-6-12(10)13/h1-9H. The van der Waals surface area contributed by atoms with Crippen molar-refractivity contribution in [2.24, 2.45) is 0 Å². The van der Waals surface area contributed by atoms with Gasteiger partial charge in [0.25, 0.3) is 0 Å². The van der Waals surface area contributed by atoms with Gasteiger partial charge < -0.3 is 0 Å². The Balaban J connectivity index is 2.20. The minimum Gasteiger partial charge on any atom is -0.289 e. The largest absolute Gasteiger partial charge is 0.289 e. The molecule has 1 aromatic heterocycles. The molecule has 0 fully saturated rings. The zero-order chi connectivity index (χ0) is 14.1. The first-order valence-electron chi connectivity index (χ1n) is 5.99. The Bertz CT molecular complexity index is 811.